The lowest BCUT2D eigenvalue weighted by atomic mass is 10.2. The van der Waals surface area contributed by atoms with Crippen LogP contribution in [-0.4, -0.2) is 45.1 Å². The number of hydrogen-bond donors (Lipinski definition) is 0. The second-order valence-corrected chi connectivity index (χ2v) is 6.51. The van der Waals surface area contributed by atoms with Gasteiger partial charge in [0.1, 0.15) is 0 Å². The highest BCUT2D eigenvalue weighted by molar-refractivity contribution is 5.95. The van der Waals surface area contributed by atoms with E-state index in [9.17, 15) is 4.79 Å². The Kier molecular flexibility index (Phi) is 4.01. The molecule has 1 atom stereocenters. The fourth-order valence-corrected chi connectivity index (χ4v) is 2.95. The molecule has 0 saturated carbocycles. The maximum Gasteiger partial charge on any atom is 0.255 e. The van der Waals surface area contributed by atoms with E-state index in [2.05, 4.69) is 10.2 Å². The third-order valence-electron chi connectivity index (χ3n) is 4.33. The molecule has 0 radical (unpaired) electrons. The lowest BCUT2D eigenvalue weighted by Crippen LogP contribution is -2.42. The second kappa shape index (κ2) is 6.33. The molecule has 1 amide bonds. The van der Waals surface area contributed by atoms with Crippen molar-refractivity contribution < 1.29 is 13.9 Å². The van der Waals surface area contributed by atoms with Crippen molar-refractivity contribution in [1.29, 1.82) is 0 Å². The van der Waals surface area contributed by atoms with Gasteiger partial charge in [0, 0.05) is 30.4 Å². The average molecular weight is 340 g/mol. The molecule has 0 spiro atoms. The number of amides is 1. The normalized spacial score (nSPS) is 18.2. The smallest absolute Gasteiger partial charge is 0.255 e. The van der Waals surface area contributed by atoms with E-state index < -0.39 is 0 Å². The number of aromatic nitrogens is 3. The molecule has 0 bridgehead atoms. The monoisotopic (exact) mass is 340 g/mol. The van der Waals surface area contributed by atoms with Gasteiger partial charge in [-0.3, -0.25) is 4.79 Å². The van der Waals surface area contributed by atoms with Gasteiger partial charge in [-0.15, -0.1) is 10.2 Å². The van der Waals surface area contributed by atoms with Gasteiger partial charge < -0.3 is 18.5 Å². The largest absolute Gasteiger partial charge is 0.422 e. The summed E-state index contributed by atoms with van der Waals surface area (Å²) in [7, 11) is 0. The predicted molar refractivity (Wildman–Crippen MR) is 90.4 cm³/mol. The molecule has 0 aromatic carbocycles. The number of fused-ring (bicyclic) bond motifs is 1. The van der Waals surface area contributed by atoms with Crippen molar-refractivity contribution in [2.45, 2.75) is 25.9 Å². The molecule has 130 valence electrons. The summed E-state index contributed by atoms with van der Waals surface area (Å²) in [4.78, 5) is 14.6. The molecule has 7 heteroatoms. The first kappa shape index (κ1) is 15.8. The molecule has 3 aromatic rings. The van der Waals surface area contributed by atoms with E-state index in [1.807, 2.05) is 54.9 Å². The summed E-state index contributed by atoms with van der Waals surface area (Å²) in [6, 6.07) is 7.77. The number of carbonyl (C=O) groups is 1. The van der Waals surface area contributed by atoms with Crippen LogP contribution >= 0.6 is 0 Å². The minimum Gasteiger partial charge on any atom is -0.422 e. The highest BCUT2D eigenvalue weighted by Gasteiger charge is 2.30. The predicted octanol–water partition coefficient (Wildman–Crippen LogP) is 2.66. The third kappa shape index (κ3) is 3.02. The Morgan fingerprint density at radius 2 is 2.20 bits per heavy atom. The molecule has 1 aliphatic rings. The van der Waals surface area contributed by atoms with Crippen molar-refractivity contribution in [1.82, 2.24) is 19.5 Å². The van der Waals surface area contributed by atoms with Crippen LogP contribution < -0.4 is 0 Å². The fourth-order valence-electron chi connectivity index (χ4n) is 2.95. The molecule has 0 unspecified atom stereocenters. The van der Waals surface area contributed by atoms with Gasteiger partial charge in [0.25, 0.3) is 5.91 Å². The van der Waals surface area contributed by atoms with E-state index in [-0.39, 0.29) is 17.9 Å². The van der Waals surface area contributed by atoms with Gasteiger partial charge in [0.2, 0.25) is 11.8 Å². The van der Waals surface area contributed by atoms with E-state index in [1.54, 1.807) is 4.90 Å². The molecule has 1 saturated heterocycles. The van der Waals surface area contributed by atoms with E-state index >= 15 is 0 Å². The topological polar surface area (TPSA) is 72.9 Å². The average Bonchev–Trinajstić information content (AvgIpc) is 3.28. The van der Waals surface area contributed by atoms with Crippen molar-refractivity contribution in [2.75, 3.05) is 19.7 Å². The Hall–Kier alpha value is -2.67. The van der Waals surface area contributed by atoms with Crippen molar-refractivity contribution in [3.05, 3.63) is 54.0 Å². The molecule has 0 N–H and O–H groups in total. The number of hydrogen-bond acceptors (Lipinski definition) is 5. The van der Waals surface area contributed by atoms with Crippen LogP contribution in [0.15, 0.2) is 41.1 Å². The van der Waals surface area contributed by atoms with Crippen LogP contribution in [0.4, 0.5) is 0 Å². The maximum absolute atomic E-state index is 12.9. The number of rotatable bonds is 3. The summed E-state index contributed by atoms with van der Waals surface area (Å²) < 4.78 is 13.4. The molecule has 1 aliphatic heterocycles. The molecule has 3 aromatic heterocycles. The fraction of sp³-hybridized carbons (Fsp3) is 0.389. The number of nitrogens with zero attached hydrogens (tertiary/aromatic N) is 4. The van der Waals surface area contributed by atoms with Gasteiger partial charge in [-0.05, 0) is 18.2 Å². The third-order valence-corrected chi connectivity index (χ3v) is 4.33. The Labute approximate surface area is 145 Å². The van der Waals surface area contributed by atoms with Gasteiger partial charge in [0.05, 0.1) is 18.7 Å². The Morgan fingerprint density at radius 1 is 1.32 bits per heavy atom. The molecule has 4 heterocycles. The van der Waals surface area contributed by atoms with Crippen LogP contribution in [0.25, 0.3) is 5.52 Å². The van der Waals surface area contributed by atoms with Gasteiger partial charge in [0.15, 0.2) is 6.10 Å². The quantitative estimate of drug-likeness (QED) is 0.733. The lowest BCUT2D eigenvalue weighted by Gasteiger charge is -2.31. The van der Waals surface area contributed by atoms with Crippen LogP contribution in [-0.2, 0) is 4.74 Å². The van der Waals surface area contributed by atoms with Gasteiger partial charge >= 0.3 is 0 Å². The zero-order valence-corrected chi connectivity index (χ0v) is 14.3. The zero-order valence-electron chi connectivity index (χ0n) is 14.3. The van der Waals surface area contributed by atoms with Crippen molar-refractivity contribution >= 4 is 11.4 Å². The van der Waals surface area contributed by atoms with E-state index in [0.29, 0.717) is 37.0 Å². The molecular formula is C18H20N4O3. The van der Waals surface area contributed by atoms with Gasteiger partial charge in [-0.1, -0.05) is 19.9 Å². The molecule has 1 fully saturated rings. The van der Waals surface area contributed by atoms with E-state index in [1.165, 1.54) is 0 Å². The van der Waals surface area contributed by atoms with Gasteiger partial charge in [-0.2, -0.15) is 0 Å². The first-order valence-corrected chi connectivity index (χ1v) is 8.43. The zero-order chi connectivity index (χ0) is 17.4. The van der Waals surface area contributed by atoms with Crippen LogP contribution in [0.3, 0.4) is 0 Å². The number of morpholine rings is 1. The van der Waals surface area contributed by atoms with Crippen LogP contribution in [0.1, 0.15) is 48.0 Å². The highest BCUT2D eigenvalue weighted by Crippen LogP contribution is 2.24. The lowest BCUT2D eigenvalue weighted by molar-refractivity contribution is -0.0351. The summed E-state index contributed by atoms with van der Waals surface area (Å²) in [6.45, 7) is 5.39. The molecule has 4 rings (SSSR count). The summed E-state index contributed by atoms with van der Waals surface area (Å²) in [5.41, 5.74) is 1.66. The molecular weight excluding hydrogens is 320 g/mol. The molecule has 25 heavy (non-hydrogen) atoms. The first-order valence-electron chi connectivity index (χ1n) is 8.43. The number of pyridine rings is 1. The van der Waals surface area contributed by atoms with Crippen LogP contribution in [0.5, 0.6) is 0 Å². The van der Waals surface area contributed by atoms with E-state index in [0.717, 1.165) is 5.52 Å². The van der Waals surface area contributed by atoms with Crippen LogP contribution in [0, 0.1) is 0 Å². The Balaban J connectivity index is 1.52. The SMILES string of the molecule is CC(C)c1nnc([C@H]2CN(C(=O)c3cc4ccccn4c3)CCO2)o1. The summed E-state index contributed by atoms with van der Waals surface area (Å²) in [5, 5.41) is 8.12. The minimum absolute atomic E-state index is 0.0133. The van der Waals surface area contributed by atoms with Crippen LogP contribution in [0.2, 0.25) is 0 Å². The van der Waals surface area contributed by atoms with Crippen molar-refractivity contribution in [3.8, 4) is 0 Å². The minimum atomic E-state index is -0.380. The van der Waals surface area contributed by atoms with E-state index in [4.69, 9.17) is 9.15 Å². The molecule has 7 nitrogen and oxygen atoms in total. The second-order valence-electron chi connectivity index (χ2n) is 6.51. The first-order chi connectivity index (χ1) is 12.1. The van der Waals surface area contributed by atoms with Gasteiger partial charge in [-0.25, -0.2) is 0 Å². The van der Waals surface area contributed by atoms with Crippen molar-refractivity contribution in [2.24, 2.45) is 0 Å². The summed E-state index contributed by atoms with van der Waals surface area (Å²) in [6.07, 6.45) is 3.40. The van der Waals surface area contributed by atoms with Crippen molar-refractivity contribution in [3.63, 3.8) is 0 Å². The number of ether oxygens (including phenoxy) is 1. The number of carbonyl (C=O) groups excluding carboxylic acids is 1. The summed E-state index contributed by atoms with van der Waals surface area (Å²) in [5.74, 6) is 1.17. The molecule has 0 aliphatic carbocycles. The Morgan fingerprint density at radius 3 is 2.96 bits per heavy atom. The highest BCUT2D eigenvalue weighted by atomic mass is 16.5. The Bertz CT molecular complexity index is 866. The summed E-state index contributed by atoms with van der Waals surface area (Å²) >= 11 is 0. The standard InChI is InChI=1S/C18H20N4O3/c1-12(2)16-19-20-17(25-16)15-11-22(7-8-24-15)18(23)13-9-14-5-3-4-6-21(14)10-13/h3-6,9-10,12,15H,7-8,11H2,1-2H3/t15-/m1/s1. The maximum atomic E-state index is 12.9.